The van der Waals surface area contributed by atoms with Crippen LogP contribution in [0.1, 0.15) is 40.0 Å². The van der Waals surface area contributed by atoms with E-state index in [0.29, 0.717) is 6.04 Å². The van der Waals surface area contributed by atoms with E-state index >= 15 is 0 Å². The van der Waals surface area contributed by atoms with Gasteiger partial charge < -0.3 is 10.6 Å². The Morgan fingerprint density at radius 2 is 1.88 bits per heavy atom. The van der Waals surface area contributed by atoms with Crippen LogP contribution in [0.5, 0.6) is 0 Å². The highest BCUT2D eigenvalue weighted by Gasteiger charge is 2.34. The Labute approximate surface area is 106 Å². The van der Waals surface area contributed by atoms with Crippen molar-refractivity contribution in [1.82, 2.24) is 9.80 Å². The molecule has 0 saturated carbocycles. The Bertz CT molecular complexity index is 234. The van der Waals surface area contributed by atoms with Gasteiger partial charge in [0.15, 0.2) is 0 Å². The van der Waals surface area contributed by atoms with E-state index in [-0.39, 0.29) is 0 Å². The van der Waals surface area contributed by atoms with Gasteiger partial charge in [-0.3, -0.25) is 4.90 Å². The van der Waals surface area contributed by atoms with E-state index in [0.717, 1.165) is 24.5 Å². The number of nitrogens with two attached hydrogens (primary N) is 1. The zero-order chi connectivity index (χ0) is 12.4. The lowest BCUT2D eigenvalue weighted by atomic mass is 10.0. The normalized spacial score (nSPS) is 33.7. The van der Waals surface area contributed by atoms with Gasteiger partial charge in [0.2, 0.25) is 0 Å². The molecule has 2 fully saturated rings. The molecule has 2 aliphatic heterocycles. The second-order valence-electron chi connectivity index (χ2n) is 6.24. The van der Waals surface area contributed by atoms with Gasteiger partial charge in [0, 0.05) is 24.7 Å². The average molecular weight is 239 g/mol. The quantitative estimate of drug-likeness (QED) is 0.810. The van der Waals surface area contributed by atoms with Crippen molar-refractivity contribution < 1.29 is 0 Å². The van der Waals surface area contributed by atoms with Crippen molar-refractivity contribution in [3.63, 3.8) is 0 Å². The molecular formula is C14H29N3. The molecule has 3 heteroatoms. The lowest BCUT2D eigenvalue weighted by molar-refractivity contribution is 0.0870. The summed E-state index contributed by atoms with van der Waals surface area (Å²) >= 11 is 0. The Hall–Kier alpha value is -0.120. The van der Waals surface area contributed by atoms with E-state index in [4.69, 9.17) is 5.73 Å². The molecule has 2 rings (SSSR count). The van der Waals surface area contributed by atoms with Crippen molar-refractivity contribution in [1.29, 1.82) is 0 Å². The molecule has 0 aliphatic carbocycles. The summed E-state index contributed by atoms with van der Waals surface area (Å²) in [7, 11) is 0. The molecule has 2 atom stereocenters. The summed E-state index contributed by atoms with van der Waals surface area (Å²) < 4.78 is 0. The molecule has 0 amide bonds. The van der Waals surface area contributed by atoms with Crippen molar-refractivity contribution in [3.8, 4) is 0 Å². The molecule has 100 valence electrons. The second-order valence-corrected chi connectivity index (χ2v) is 6.24. The van der Waals surface area contributed by atoms with Crippen molar-refractivity contribution in [3.05, 3.63) is 0 Å². The largest absolute Gasteiger partial charge is 0.330 e. The molecule has 3 nitrogen and oxygen atoms in total. The van der Waals surface area contributed by atoms with Crippen LogP contribution in [-0.2, 0) is 0 Å². The minimum Gasteiger partial charge on any atom is -0.330 e. The molecule has 2 aliphatic rings. The van der Waals surface area contributed by atoms with Gasteiger partial charge in [0.1, 0.15) is 0 Å². The SMILES string of the molecule is CC(C)N1CCC(N2CC(CN)CC2C)CC1. The first-order valence-electron chi connectivity index (χ1n) is 7.31. The molecule has 0 radical (unpaired) electrons. The summed E-state index contributed by atoms with van der Waals surface area (Å²) in [5.41, 5.74) is 5.81. The summed E-state index contributed by atoms with van der Waals surface area (Å²) in [6.07, 6.45) is 4.00. The fraction of sp³-hybridized carbons (Fsp3) is 1.00. The van der Waals surface area contributed by atoms with Crippen LogP contribution < -0.4 is 5.73 Å². The lowest BCUT2D eigenvalue weighted by Crippen LogP contribution is -2.48. The first kappa shape index (κ1) is 13.3. The van der Waals surface area contributed by atoms with Crippen molar-refractivity contribution >= 4 is 0 Å². The predicted molar refractivity (Wildman–Crippen MR) is 73.1 cm³/mol. The maximum Gasteiger partial charge on any atom is 0.0123 e. The number of piperidine rings is 1. The van der Waals surface area contributed by atoms with Crippen molar-refractivity contribution in [2.45, 2.75) is 58.2 Å². The maximum absolute atomic E-state index is 5.81. The van der Waals surface area contributed by atoms with Crippen LogP contribution in [0.2, 0.25) is 0 Å². The molecular weight excluding hydrogens is 210 g/mol. The number of rotatable bonds is 3. The molecule has 0 aromatic rings. The summed E-state index contributed by atoms with van der Waals surface area (Å²) in [6, 6.07) is 2.28. The Morgan fingerprint density at radius 1 is 1.24 bits per heavy atom. The van der Waals surface area contributed by atoms with Gasteiger partial charge in [0.25, 0.3) is 0 Å². The lowest BCUT2D eigenvalue weighted by Gasteiger charge is -2.40. The van der Waals surface area contributed by atoms with Crippen LogP contribution in [0.3, 0.4) is 0 Å². The molecule has 2 N–H and O–H groups in total. The van der Waals surface area contributed by atoms with Crippen LogP contribution in [0, 0.1) is 5.92 Å². The number of hydrogen-bond donors (Lipinski definition) is 1. The monoisotopic (exact) mass is 239 g/mol. The third-order valence-corrected chi connectivity index (χ3v) is 4.74. The van der Waals surface area contributed by atoms with Crippen LogP contribution in [0.15, 0.2) is 0 Å². The Kier molecular flexibility index (Phi) is 4.45. The van der Waals surface area contributed by atoms with Crippen molar-refractivity contribution in [2.75, 3.05) is 26.2 Å². The first-order chi connectivity index (χ1) is 8.11. The molecule has 17 heavy (non-hydrogen) atoms. The second kappa shape index (κ2) is 5.68. The Morgan fingerprint density at radius 3 is 2.35 bits per heavy atom. The minimum atomic E-state index is 0.712. The molecule has 0 aromatic heterocycles. The standard InChI is InChI=1S/C14H29N3/c1-11(2)16-6-4-14(5-7-16)17-10-13(9-15)8-12(17)3/h11-14H,4-10,15H2,1-3H3. The number of hydrogen-bond acceptors (Lipinski definition) is 3. The summed E-state index contributed by atoms with van der Waals surface area (Å²) in [4.78, 5) is 5.34. The van der Waals surface area contributed by atoms with E-state index in [1.54, 1.807) is 0 Å². The van der Waals surface area contributed by atoms with Gasteiger partial charge in [-0.2, -0.15) is 0 Å². The van der Waals surface area contributed by atoms with E-state index in [1.807, 2.05) is 0 Å². The number of nitrogens with zero attached hydrogens (tertiary/aromatic N) is 2. The van der Waals surface area contributed by atoms with E-state index < -0.39 is 0 Å². The van der Waals surface area contributed by atoms with Crippen LogP contribution in [0.4, 0.5) is 0 Å². The van der Waals surface area contributed by atoms with E-state index in [2.05, 4.69) is 30.6 Å². The van der Waals surface area contributed by atoms with Crippen LogP contribution in [0.25, 0.3) is 0 Å². The van der Waals surface area contributed by atoms with Gasteiger partial charge in [0.05, 0.1) is 0 Å². The summed E-state index contributed by atoms with van der Waals surface area (Å²) in [5.74, 6) is 0.744. The zero-order valence-corrected chi connectivity index (χ0v) is 11.7. The fourth-order valence-electron chi connectivity index (χ4n) is 3.58. The molecule has 2 unspecified atom stereocenters. The Balaban J connectivity index is 1.84. The fourth-order valence-corrected chi connectivity index (χ4v) is 3.58. The zero-order valence-electron chi connectivity index (χ0n) is 11.7. The van der Waals surface area contributed by atoms with Gasteiger partial charge in [-0.1, -0.05) is 0 Å². The molecule has 2 saturated heterocycles. The highest BCUT2D eigenvalue weighted by atomic mass is 15.2. The summed E-state index contributed by atoms with van der Waals surface area (Å²) in [6.45, 7) is 11.7. The first-order valence-corrected chi connectivity index (χ1v) is 7.31. The third kappa shape index (κ3) is 3.01. The highest BCUT2D eigenvalue weighted by molar-refractivity contribution is 4.90. The highest BCUT2D eigenvalue weighted by Crippen LogP contribution is 2.29. The molecule has 0 bridgehead atoms. The van der Waals surface area contributed by atoms with Crippen molar-refractivity contribution in [2.24, 2.45) is 11.7 Å². The van der Waals surface area contributed by atoms with Gasteiger partial charge in [-0.05, 0) is 65.6 Å². The predicted octanol–water partition coefficient (Wildman–Crippen LogP) is 1.53. The van der Waals surface area contributed by atoms with Gasteiger partial charge >= 0.3 is 0 Å². The molecule has 0 aromatic carbocycles. The third-order valence-electron chi connectivity index (χ3n) is 4.74. The topological polar surface area (TPSA) is 32.5 Å². The van der Waals surface area contributed by atoms with Gasteiger partial charge in [-0.25, -0.2) is 0 Å². The van der Waals surface area contributed by atoms with Crippen LogP contribution >= 0.6 is 0 Å². The average Bonchev–Trinajstić information content (AvgIpc) is 2.71. The van der Waals surface area contributed by atoms with E-state index in [1.165, 1.54) is 38.9 Å². The minimum absolute atomic E-state index is 0.712. The van der Waals surface area contributed by atoms with Gasteiger partial charge in [-0.15, -0.1) is 0 Å². The number of likely N-dealkylation sites (tertiary alicyclic amines) is 2. The maximum atomic E-state index is 5.81. The van der Waals surface area contributed by atoms with Crippen LogP contribution in [-0.4, -0.2) is 54.1 Å². The smallest absolute Gasteiger partial charge is 0.0123 e. The summed E-state index contributed by atoms with van der Waals surface area (Å²) in [5, 5.41) is 0. The molecule has 2 heterocycles. The molecule has 0 spiro atoms. The van der Waals surface area contributed by atoms with E-state index in [9.17, 15) is 0 Å².